The van der Waals surface area contributed by atoms with Crippen LogP contribution in [-0.2, 0) is 17.6 Å². The van der Waals surface area contributed by atoms with E-state index in [-0.39, 0.29) is 0 Å². The summed E-state index contributed by atoms with van der Waals surface area (Å²) in [5.74, 6) is 0.812. The van der Waals surface area contributed by atoms with E-state index in [1.54, 1.807) is 0 Å². The second kappa shape index (κ2) is 5.49. The first-order chi connectivity index (χ1) is 9.72. The highest BCUT2D eigenvalue weighted by atomic mass is 16.1. The summed E-state index contributed by atoms with van der Waals surface area (Å²) in [5, 5.41) is 0. The Balaban J connectivity index is 1.50. The molecule has 2 aromatic carbocycles. The van der Waals surface area contributed by atoms with Gasteiger partial charge in [-0.2, -0.15) is 0 Å². The lowest BCUT2D eigenvalue weighted by Crippen LogP contribution is -2.20. The summed E-state index contributed by atoms with van der Waals surface area (Å²) in [4.78, 5) is 12.1. The van der Waals surface area contributed by atoms with Gasteiger partial charge in [0.05, 0.1) is 0 Å². The number of aryl methyl sites for hydroxylation is 1. The molecule has 2 heteroatoms. The van der Waals surface area contributed by atoms with Gasteiger partial charge in [-0.25, -0.2) is 0 Å². The van der Waals surface area contributed by atoms with Crippen LogP contribution in [0.25, 0.3) is 0 Å². The highest BCUT2D eigenvalue weighted by molar-refractivity contribution is 5.80. The molecule has 0 bridgehead atoms. The summed E-state index contributed by atoms with van der Waals surface area (Å²) in [7, 11) is 0. The molecule has 0 aromatic heterocycles. The summed E-state index contributed by atoms with van der Waals surface area (Å²) in [6, 6.07) is 16.2. The molecule has 1 aliphatic carbocycles. The normalized spacial score (nSPS) is 16.3. The molecule has 0 saturated carbocycles. The van der Waals surface area contributed by atoms with Crippen LogP contribution in [0, 0.1) is 0 Å². The smallest absolute Gasteiger partial charge is 0.133 e. The van der Waals surface area contributed by atoms with Gasteiger partial charge in [0.25, 0.3) is 0 Å². The number of carbonyl (C=O) groups is 1. The summed E-state index contributed by atoms with van der Waals surface area (Å²) in [6.45, 7) is 0. The lowest BCUT2D eigenvalue weighted by molar-refractivity contribution is -0.119. The SMILES string of the molecule is Nc1ccc(CCC(=O)CC2Cc3ccccc32)cc1. The highest BCUT2D eigenvalue weighted by Crippen LogP contribution is 2.37. The largest absolute Gasteiger partial charge is 0.399 e. The van der Waals surface area contributed by atoms with E-state index in [0.717, 1.165) is 18.5 Å². The minimum Gasteiger partial charge on any atom is -0.399 e. The predicted molar refractivity (Wildman–Crippen MR) is 81.7 cm³/mol. The van der Waals surface area contributed by atoms with Gasteiger partial charge in [-0.1, -0.05) is 36.4 Å². The van der Waals surface area contributed by atoms with Crippen LogP contribution in [0.3, 0.4) is 0 Å². The van der Waals surface area contributed by atoms with Crippen molar-refractivity contribution in [2.75, 3.05) is 5.73 Å². The maximum Gasteiger partial charge on any atom is 0.133 e. The molecule has 3 rings (SSSR count). The second-order valence-corrected chi connectivity index (χ2v) is 5.58. The molecular formula is C18H19NO. The minimum atomic E-state index is 0.362. The number of rotatable bonds is 5. The molecule has 0 saturated heterocycles. The predicted octanol–water partition coefficient (Wildman–Crippen LogP) is 3.50. The third kappa shape index (κ3) is 2.74. The summed E-state index contributed by atoms with van der Waals surface area (Å²) < 4.78 is 0. The van der Waals surface area contributed by atoms with Crippen LogP contribution in [0.15, 0.2) is 48.5 Å². The molecule has 0 amide bonds. The van der Waals surface area contributed by atoms with Crippen LogP contribution in [-0.4, -0.2) is 5.78 Å². The Labute approximate surface area is 119 Å². The monoisotopic (exact) mass is 265 g/mol. The van der Waals surface area contributed by atoms with E-state index in [9.17, 15) is 4.79 Å². The van der Waals surface area contributed by atoms with Crippen molar-refractivity contribution >= 4 is 11.5 Å². The lowest BCUT2D eigenvalue weighted by Gasteiger charge is -2.29. The Hall–Kier alpha value is -2.09. The molecule has 2 nitrogen and oxygen atoms in total. The molecule has 102 valence electrons. The van der Waals surface area contributed by atoms with Crippen molar-refractivity contribution in [1.29, 1.82) is 0 Å². The first-order valence-electron chi connectivity index (χ1n) is 7.16. The number of Topliss-reactive ketones (excluding diaryl/α,β-unsaturated/α-hetero) is 1. The van der Waals surface area contributed by atoms with Crippen molar-refractivity contribution in [2.45, 2.75) is 31.6 Å². The Morgan fingerprint density at radius 1 is 1.10 bits per heavy atom. The van der Waals surface area contributed by atoms with Crippen LogP contribution >= 0.6 is 0 Å². The van der Waals surface area contributed by atoms with E-state index in [4.69, 9.17) is 5.73 Å². The zero-order chi connectivity index (χ0) is 13.9. The minimum absolute atomic E-state index is 0.362. The number of nitrogen functional groups attached to an aromatic ring is 1. The van der Waals surface area contributed by atoms with Gasteiger partial charge in [0.1, 0.15) is 5.78 Å². The molecule has 20 heavy (non-hydrogen) atoms. The zero-order valence-electron chi connectivity index (χ0n) is 11.5. The van der Waals surface area contributed by atoms with Gasteiger partial charge in [0.2, 0.25) is 0 Å². The fourth-order valence-electron chi connectivity index (χ4n) is 2.89. The Bertz CT molecular complexity index is 616. The topological polar surface area (TPSA) is 43.1 Å². The third-order valence-electron chi connectivity index (χ3n) is 4.11. The van der Waals surface area contributed by atoms with Gasteiger partial charge in [-0.05, 0) is 47.6 Å². The molecular weight excluding hydrogens is 246 g/mol. The quantitative estimate of drug-likeness (QED) is 0.841. The number of anilines is 1. The highest BCUT2D eigenvalue weighted by Gasteiger charge is 2.26. The number of benzene rings is 2. The number of carbonyl (C=O) groups excluding carboxylic acids is 1. The Morgan fingerprint density at radius 2 is 1.85 bits per heavy atom. The molecule has 0 spiro atoms. The van der Waals surface area contributed by atoms with E-state index in [2.05, 4.69) is 24.3 Å². The van der Waals surface area contributed by atoms with E-state index in [1.165, 1.54) is 16.7 Å². The Kier molecular flexibility index (Phi) is 3.55. The molecule has 2 aromatic rings. The van der Waals surface area contributed by atoms with Crippen molar-refractivity contribution in [2.24, 2.45) is 0 Å². The lowest BCUT2D eigenvalue weighted by atomic mass is 9.75. The van der Waals surface area contributed by atoms with Gasteiger partial charge >= 0.3 is 0 Å². The first-order valence-corrected chi connectivity index (χ1v) is 7.16. The van der Waals surface area contributed by atoms with Crippen molar-refractivity contribution in [3.8, 4) is 0 Å². The summed E-state index contributed by atoms with van der Waals surface area (Å²) in [5.41, 5.74) is 10.4. The van der Waals surface area contributed by atoms with Crippen LogP contribution in [0.4, 0.5) is 5.69 Å². The average molecular weight is 265 g/mol. The van der Waals surface area contributed by atoms with Crippen molar-refractivity contribution < 1.29 is 4.79 Å². The molecule has 0 aliphatic heterocycles. The summed E-state index contributed by atoms with van der Waals surface area (Å²) >= 11 is 0. The van der Waals surface area contributed by atoms with Crippen molar-refractivity contribution in [3.05, 3.63) is 65.2 Å². The van der Waals surface area contributed by atoms with Gasteiger partial charge in [-0.15, -0.1) is 0 Å². The van der Waals surface area contributed by atoms with Crippen LogP contribution in [0.1, 0.15) is 35.4 Å². The van der Waals surface area contributed by atoms with E-state index in [1.807, 2.05) is 24.3 Å². The van der Waals surface area contributed by atoms with Crippen molar-refractivity contribution in [3.63, 3.8) is 0 Å². The van der Waals surface area contributed by atoms with E-state index >= 15 is 0 Å². The summed E-state index contributed by atoms with van der Waals surface area (Å²) in [6.07, 6.45) is 3.19. The van der Waals surface area contributed by atoms with Crippen LogP contribution in [0.2, 0.25) is 0 Å². The number of hydrogen-bond donors (Lipinski definition) is 1. The zero-order valence-corrected chi connectivity index (χ0v) is 11.5. The standard InChI is InChI=1S/C18H19NO/c19-16-8-5-13(6-9-16)7-10-17(20)12-15-11-14-3-1-2-4-18(14)15/h1-6,8-9,15H,7,10-12,19H2. The maximum atomic E-state index is 12.1. The fourth-order valence-corrected chi connectivity index (χ4v) is 2.89. The van der Waals surface area contributed by atoms with Crippen molar-refractivity contribution in [1.82, 2.24) is 0 Å². The van der Waals surface area contributed by atoms with Crippen LogP contribution < -0.4 is 5.73 Å². The van der Waals surface area contributed by atoms with Gasteiger partial charge in [0, 0.05) is 18.5 Å². The molecule has 1 atom stereocenters. The van der Waals surface area contributed by atoms with Gasteiger partial charge < -0.3 is 5.73 Å². The molecule has 1 aliphatic rings. The fraction of sp³-hybridized carbons (Fsp3) is 0.278. The van der Waals surface area contributed by atoms with E-state index < -0.39 is 0 Å². The average Bonchev–Trinajstić information content (AvgIpc) is 2.44. The second-order valence-electron chi connectivity index (χ2n) is 5.58. The maximum absolute atomic E-state index is 12.1. The molecule has 2 N–H and O–H groups in total. The molecule has 0 radical (unpaired) electrons. The third-order valence-corrected chi connectivity index (χ3v) is 4.11. The molecule has 1 unspecified atom stereocenters. The Morgan fingerprint density at radius 3 is 2.60 bits per heavy atom. The number of ketones is 1. The molecule has 0 heterocycles. The van der Waals surface area contributed by atoms with E-state index in [0.29, 0.717) is 24.5 Å². The van der Waals surface area contributed by atoms with Crippen LogP contribution in [0.5, 0.6) is 0 Å². The van der Waals surface area contributed by atoms with Gasteiger partial charge in [0.15, 0.2) is 0 Å². The number of nitrogens with two attached hydrogens (primary N) is 1. The number of hydrogen-bond acceptors (Lipinski definition) is 2. The first kappa shape index (κ1) is 12.9. The van der Waals surface area contributed by atoms with Gasteiger partial charge in [-0.3, -0.25) is 4.79 Å². The molecule has 0 fully saturated rings. The number of fused-ring (bicyclic) bond motifs is 1.